The van der Waals surface area contributed by atoms with Gasteiger partial charge >= 0.3 is 21.2 Å². The average Bonchev–Trinajstić information content (AvgIpc) is 2.87. The van der Waals surface area contributed by atoms with Crippen molar-refractivity contribution >= 4 is 8.07 Å². The van der Waals surface area contributed by atoms with E-state index in [1.165, 1.54) is 29.3 Å². The predicted molar refractivity (Wildman–Crippen MR) is 79.9 cm³/mol. The fraction of sp³-hybridized carbons (Fsp3) is 0.500. The summed E-state index contributed by atoms with van der Waals surface area (Å²) in [5.74, 6) is 0. The average molecular weight is 387 g/mol. The van der Waals surface area contributed by atoms with Crippen molar-refractivity contribution in [1.29, 1.82) is 0 Å². The molecule has 0 saturated heterocycles. The summed E-state index contributed by atoms with van der Waals surface area (Å²) in [4.78, 5) is 0. The molecular weight excluding hydrogens is 363 g/mol. The maximum absolute atomic E-state index is 6.06. The van der Waals surface area contributed by atoms with E-state index in [2.05, 4.69) is 56.2 Å². The van der Waals surface area contributed by atoms with E-state index < -0.39 is 8.07 Å². The fourth-order valence-electron chi connectivity index (χ4n) is 2.12. The maximum Gasteiger partial charge on any atom is 0.350 e. The Bertz CT molecular complexity index is 416. The largest absolute Gasteiger partial charge is 0.494 e. The van der Waals surface area contributed by atoms with Gasteiger partial charge in [-0.1, -0.05) is 37.8 Å². The summed E-state index contributed by atoms with van der Waals surface area (Å²) in [7, 11) is -1.26. The Hall–Kier alpha value is -0.293. The molecule has 1 fully saturated rings. The second-order valence-electron chi connectivity index (χ2n) is 6.15. The number of hydrogen-bond donors (Lipinski definition) is 0. The normalized spacial score (nSPS) is 17.7. The Morgan fingerprint density at radius 2 is 1.79 bits per heavy atom. The predicted octanol–water partition coefficient (Wildman–Crippen LogP) is 1.62. The van der Waals surface area contributed by atoms with Gasteiger partial charge in [-0.05, 0) is 37.8 Å². The zero-order valence-corrected chi connectivity index (χ0v) is 15.3. The highest BCUT2D eigenvalue weighted by atomic mass is 127. The molecule has 2 rings (SSSR count). The second kappa shape index (κ2) is 6.93. The number of benzene rings is 1. The summed E-state index contributed by atoms with van der Waals surface area (Å²) < 4.78 is 9.20. The van der Waals surface area contributed by atoms with Crippen LogP contribution in [0.2, 0.25) is 19.6 Å². The van der Waals surface area contributed by atoms with E-state index in [1.54, 1.807) is 3.20 Å². The Morgan fingerprint density at radius 3 is 2.37 bits per heavy atom. The third-order valence-corrected chi connectivity index (χ3v) is 12.5. The van der Waals surface area contributed by atoms with Crippen molar-refractivity contribution in [2.24, 2.45) is 0 Å². The van der Waals surface area contributed by atoms with Gasteiger partial charge in [0.15, 0.2) is 6.77 Å². The van der Waals surface area contributed by atoms with Gasteiger partial charge in [0, 0.05) is 0 Å². The molecule has 3 heteroatoms. The van der Waals surface area contributed by atoms with Crippen LogP contribution in [0, 0.1) is 3.57 Å². The smallest absolute Gasteiger partial charge is 0.350 e. The van der Waals surface area contributed by atoms with Gasteiger partial charge in [0.1, 0.15) is 14.3 Å². The van der Waals surface area contributed by atoms with Crippen LogP contribution in [0.15, 0.2) is 39.8 Å². The highest BCUT2D eigenvalue weighted by molar-refractivity contribution is 6.82. The molecule has 0 aliphatic heterocycles. The molecule has 1 aromatic rings. The monoisotopic (exact) mass is 387 g/mol. The maximum atomic E-state index is 6.06. The molecule has 0 heterocycles. The molecule has 1 aromatic carbocycles. The minimum absolute atomic E-state index is 0.0532. The van der Waals surface area contributed by atoms with Gasteiger partial charge in [0.25, 0.3) is 0 Å². The van der Waals surface area contributed by atoms with Crippen molar-refractivity contribution in [1.82, 2.24) is 0 Å². The number of ether oxygens (including phenoxy) is 1. The molecule has 0 atom stereocenters. The van der Waals surface area contributed by atoms with Gasteiger partial charge < -0.3 is 4.74 Å². The Labute approximate surface area is 128 Å². The first kappa shape index (κ1) is 15.1. The minimum atomic E-state index is -1.26. The summed E-state index contributed by atoms with van der Waals surface area (Å²) in [6.45, 7) is 7.29. The van der Waals surface area contributed by atoms with Crippen molar-refractivity contribution in [3.05, 3.63) is 43.4 Å². The molecule has 0 bridgehead atoms. The van der Waals surface area contributed by atoms with Crippen LogP contribution >= 0.6 is 0 Å². The van der Waals surface area contributed by atoms with Crippen molar-refractivity contribution in [2.75, 3.05) is 0 Å². The van der Waals surface area contributed by atoms with Crippen LogP contribution in [0.25, 0.3) is 0 Å². The highest BCUT2D eigenvalue weighted by Crippen LogP contribution is 2.21. The van der Waals surface area contributed by atoms with Crippen LogP contribution in [-0.4, -0.2) is 14.2 Å². The Morgan fingerprint density at radius 1 is 1.16 bits per heavy atom. The van der Waals surface area contributed by atoms with E-state index in [9.17, 15) is 0 Å². The molecule has 0 spiro atoms. The van der Waals surface area contributed by atoms with Gasteiger partial charge in [0.2, 0.25) is 0 Å². The second-order valence-corrected chi connectivity index (χ2v) is 15.2. The third kappa shape index (κ3) is 4.95. The summed E-state index contributed by atoms with van der Waals surface area (Å²) in [6.07, 6.45) is 7.83. The van der Waals surface area contributed by atoms with Crippen molar-refractivity contribution in [3.8, 4) is 0 Å². The van der Waals surface area contributed by atoms with Crippen LogP contribution < -0.4 is 21.2 Å². The van der Waals surface area contributed by atoms with Crippen LogP contribution in [0.3, 0.4) is 0 Å². The van der Waals surface area contributed by atoms with Gasteiger partial charge in [-0.3, -0.25) is 0 Å². The summed E-state index contributed by atoms with van der Waals surface area (Å²) in [5.41, 5.74) is 0. The van der Waals surface area contributed by atoms with Gasteiger partial charge in [-0.2, -0.15) is 0 Å². The standard InChI is InChI=1S/C16H24IOSi/c1-19(2,3)16(13-18-15-11-7-8-12-15)17-14-9-5-4-6-10-14/h4-6,9-10,13,15H,7-8,11-12H2,1-3H3/q+1/b16-13-. The lowest BCUT2D eigenvalue weighted by Crippen LogP contribution is -3.61. The minimum Gasteiger partial charge on any atom is -0.494 e. The van der Waals surface area contributed by atoms with E-state index in [-0.39, 0.29) is 21.2 Å². The molecule has 0 radical (unpaired) electrons. The quantitative estimate of drug-likeness (QED) is 0.424. The zero-order valence-electron chi connectivity index (χ0n) is 12.2. The van der Waals surface area contributed by atoms with Gasteiger partial charge in [-0.15, -0.1) is 0 Å². The van der Waals surface area contributed by atoms with E-state index in [0.29, 0.717) is 6.10 Å². The molecule has 104 valence electrons. The Balaban J connectivity index is 2.05. The van der Waals surface area contributed by atoms with E-state index >= 15 is 0 Å². The lowest BCUT2D eigenvalue weighted by Gasteiger charge is -2.13. The van der Waals surface area contributed by atoms with Gasteiger partial charge in [0.05, 0.1) is 6.10 Å². The van der Waals surface area contributed by atoms with E-state index in [1.807, 2.05) is 0 Å². The molecule has 1 nitrogen and oxygen atoms in total. The molecule has 19 heavy (non-hydrogen) atoms. The molecule has 0 aromatic heterocycles. The topological polar surface area (TPSA) is 9.23 Å². The van der Waals surface area contributed by atoms with Crippen molar-refractivity contribution in [3.63, 3.8) is 0 Å². The molecule has 0 amide bonds. The number of hydrogen-bond acceptors (Lipinski definition) is 1. The summed E-state index contributed by atoms with van der Waals surface area (Å²) in [6, 6.07) is 10.9. The fourth-order valence-corrected chi connectivity index (χ4v) is 7.70. The molecule has 1 aliphatic rings. The highest BCUT2D eigenvalue weighted by Gasteiger charge is 2.34. The molecule has 0 N–H and O–H groups in total. The van der Waals surface area contributed by atoms with E-state index in [0.717, 1.165) is 0 Å². The van der Waals surface area contributed by atoms with Crippen LogP contribution in [0.5, 0.6) is 0 Å². The summed E-state index contributed by atoms with van der Waals surface area (Å²) >= 11 is -0.0532. The SMILES string of the molecule is C[Si](C)(C)/C(=C\OC1CCCC1)[I+]c1ccccc1. The first-order valence-electron chi connectivity index (χ1n) is 7.12. The summed E-state index contributed by atoms with van der Waals surface area (Å²) in [5, 5.41) is 0. The van der Waals surface area contributed by atoms with E-state index in [4.69, 9.17) is 4.74 Å². The van der Waals surface area contributed by atoms with Gasteiger partial charge in [-0.25, -0.2) is 0 Å². The molecule has 1 aliphatic carbocycles. The van der Waals surface area contributed by atoms with Crippen LogP contribution in [0.1, 0.15) is 25.7 Å². The number of halogens is 1. The first-order chi connectivity index (χ1) is 9.05. The van der Waals surface area contributed by atoms with Crippen LogP contribution in [0.4, 0.5) is 0 Å². The van der Waals surface area contributed by atoms with Crippen molar-refractivity contribution in [2.45, 2.75) is 51.4 Å². The zero-order chi connectivity index (χ0) is 13.7. The number of rotatable bonds is 5. The lowest BCUT2D eigenvalue weighted by atomic mass is 10.3. The molecule has 1 saturated carbocycles. The third-order valence-electron chi connectivity index (χ3n) is 3.33. The lowest BCUT2D eigenvalue weighted by molar-refractivity contribution is -0.568. The molecule has 0 unspecified atom stereocenters. The first-order valence-corrected chi connectivity index (χ1v) is 12.8. The Kier molecular flexibility index (Phi) is 5.51. The van der Waals surface area contributed by atoms with Crippen LogP contribution in [-0.2, 0) is 4.74 Å². The van der Waals surface area contributed by atoms with Crippen molar-refractivity contribution < 1.29 is 25.9 Å². The molecular formula is C16H24IOSi+.